The van der Waals surface area contributed by atoms with Gasteiger partial charge in [-0.25, -0.2) is 13.2 Å². The monoisotopic (exact) mass is 282 g/mol. The van der Waals surface area contributed by atoms with Gasteiger partial charge in [0.25, 0.3) is 0 Å². The van der Waals surface area contributed by atoms with E-state index >= 15 is 0 Å². The van der Waals surface area contributed by atoms with Gasteiger partial charge >= 0.3 is 0 Å². The fourth-order valence-corrected chi connectivity index (χ4v) is 1.84. The average Bonchev–Trinajstić information content (AvgIpc) is 2.33. The zero-order chi connectivity index (χ0) is 14.0. The number of thiocarbonyl (C=S) groups is 1. The summed E-state index contributed by atoms with van der Waals surface area (Å²) >= 11 is 4.73. The van der Waals surface area contributed by atoms with E-state index in [2.05, 4.69) is 5.32 Å². The Morgan fingerprint density at radius 1 is 0.947 bits per heavy atom. The molecule has 0 amide bonds. The standard InChI is InChI=1S/C13H9F3N2S/c14-7-3-2-6-10(11(7)13(17)19)18-12-8(15)4-1-5-9(12)16/h1-6,18H,(H2,17,19). The van der Waals surface area contributed by atoms with E-state index in [4.69, 9.17) is 18.0 Å². The topological polar surface area (TPSA) is 38.0 Å². The highest BCUT2D eigenvalue weighted by molar-refractivity contribution is 7.80. The summed E-state index contributed by atoms with van der Waals surface area (Å²) in [6.45, 7) is 0. The molecule has 6 heteroatoms. The minimum absolute atomic E-state index is 0.0832. The molecule has 3 N–H and O–H groups in total. The molecular formula is C13H9F3N2S. The van der Waals surface area contributed by atoms with E-state index in [1.54, 1.807) is 0 Å². The number of nitrogens with two attached hydrogens (primary N) is 1. The van der Waals surface area contributed by atoms with Gasteiger partial charge in [0, 0.05) is 0 Å². The molecule has 0 saturated carbocycles. The Morgan fingerprint density at radius 3 is 2.05 bits per heavy atom. The fourth-order valence-electron chi connectivity index (χ4n) is 1.63. The largest absolute Gasteiger partial charge is 0.389 e. The van der Waals surface area contributed by atoms with Gasteiger partial charge < -0.3 is 11.1 Å². The molecule has 0 spiro atoms. The van der Waals surface area contributed by atoms with Gasteiger partial charge in [0.1, 0.15) is 28.1 Å². The van der Waals surface area contributed by atoms with Crippen molar-refractivity contribution >= 4 is 28.6 Å². The number of rotatable bonds is 3. The second-order valence-corrected chi connectivity index (χ2v) is 4.19. The molecule has 0 radical (unpaired) electrons. The molecule has 2 aromatic rings. The Kier molecular flexibility index (Phi) is 3.71. The van der Waals surface area contributed by atoms with Gasteiger partial charge in [0.15, 0.2) is 0 Å². The van der Waals surface area contributed by atoms with Crippen LogP contribution < -0.4 is 11.1 Å². The molecule has 2 rings (SSSR count). The van der Waals surface area contributed by atoms with Crippen LogP contribution in [0.4, 0.5) is 24.5 Å². The SMILES string of the molecule is NC(=S)c1c(F)cccc1Nc1c(F)cccc1F. The highest BCUT2D eigenvalue weighted by atomic mass is 32.1. The fraction of sp³-hybridized carbons (Fsp3) is 0. The van der Waals surface area contributed by atoms with Crippen molar-refractivity contribution in [2.24, 2.45) is 5.73 Å². The summed E-state index contributed by atoms with van der Waals surface area (Å²) in [6, 6.07) is 7.39. The molecule has 98 valence electrons. The van der Waals surface area contributed by atoms with Crippen LogP contribution in [0, 0.1) is 17.5 Å². The van der Waals surface area contributed by atoms with E-state index in [1.165, 1.54) is 18.2 Å². The Morgan fingerprint density at radius 2 is 1.47 bits per heavy atom. The van der Waals surface area contributed by atoms with E-state index in [0.717, 1.165) is 18.2 Å². The number of hydrogen-bond acceptors (Lipinski definition) is 2. The molecule has 2 nitrogen and oxygen atoms in total. The van der Waals surface area contributed by atoms with Gasteiger partial charge in [-0.2, -0.15) is 0 Å². The first-order chi connectivity index (χ1) is 9.00. The molecule has 0 heterocycles. The Labute approximate surface area is 113 Å². The van der Waals surface area contributed by atoms with Crippen LogP contribution in [0.1, 0.15) is 5.56 Å². The number of anilines is 2. The first-order valence-corrected chi connectivity index (χ1v) is 5.71. The lowest BCUT2D eigenvalue weighted by atomic mass is 10.1. The van der Waals surface area contributed by atoms with Gasteiger partial charge in [-0.1, -0.05) is 24.4 Å². The van der Waals surface area contributed by atoms with Gasteiger partial charge in [-0.15, -0.1) is 0 Å². The van der Waals surface area contributed by atoms with Crippen LogP contribution in [0.15, 0.2) is 36.4 Å². The summed E-state index contributed by atoms with van der Waals surface area (Å²) in [6.07, 6.45) is 0. The predicted octanol–water partition coefficient (Wildman–Crippen LogP) is 3.48. The van der Waals surface area contributed by atoms with E-state index < -0.39 is 17.5 Å². The second kappa shape index (κ2) is 5.27. The van der Waals surface area contributed by atoms with Crippen LogP contribution in [-0.2, 0) is 0 Å². The molecule has 0 bridgehead atoms. The van der Waals surface area contributed by atoms with Crippen molar-refractivity contribution in [2.45, 2.75) is 0 Å². The van der Waals surface area contributed by atoms with Crippen molar-refractivity contribution < 1.29 is 13.2 Å². The lowest BCUT2D eigenvalue weighted by molar-refractivity contribution is 0.590. The number of para-hydroxylation sites is 1. The Balaban J connectivity index is 2.50. The zero-order valence-electron chi connectivity index (χ0n) is 9.58. The first-order valence-electron chi connectivity index (χ1n) is 5.30. The molecule has 0 atom stereocenters. The third-order valence-corrected chi connectivity index (χ3v) is 2.69. The van der Waals surface area contributed by atoms with Crippen LogP contribution in [0.5, 0.6) is 0 Å². The maximum atomic E-state index is 13.6. The van der Waals surface area contributed by atoms with Crippen LogP contribution in [0.25, 0.3) is 0 Å². The molecule has 0 saturated heterocycles. The van der Waals surface area contributed by atoms with Gasteiger partial charge in [-0.05, 0) is 24.3 Å². The average molecular weight is 282 g/mol. The zero-order valence-corrected chi connectivity index (χ0v) is 10.4. The Bertz CT molecular complexity index is 624. The molecule has 2 aromatic carbocycles. The molecular weight excluding hydrogens is 273 g/mol. The number of nitrogens with one attached hydrogen (secondary N) is 1. The van der Waals surface area contributed by atoms with Crippen molar-refractivity contribution in [3.63, 3.8) is 0 Å². The van der Waals surface area contributed by atoms with Gasteiger partial charge in [0.05, 0.1) is 11.3 Å². The maximum absolute atomic E-state index is 13.6. The van der Waals surface area contributed by atoms with Crippen LogP contribution in [-0.4, -0.2) is 4.99 Å². The van der Waals surface area contributed by atoms with E-state index in [-0.39, 0.29) is 21.9 Å². The molecule has 19 heavy (non-hydrogen) atoms. The molecule has 0 aromatic heterocycles. The van der Waals surface area contributed by atoms with E-state index in [1.807, 2.05) is 0 Å². The summed E-state index contributed by atoms with van der Waals surface area (Å²) in [7, 11) is 0. The normalized spacial score (nSPS) is 10.3. The second-order valence-electron chi connectivity index (χ2n) is 3.75. The molecule has 0 aliphatic carbocycles. The van der Waals surface area contributed by atoms with Crippen LogP contribution >= 0.6 is 12.2 Å². The summed E-state index contributed by atoms with van der Waals surface area (Å²) in [5, 5.41) is 2.47. The van der Waals surface area contributed by atoms with Crippen LogP contribution in [0.3, 0.4) is 0 Å². The minimum Gasteiger partial charge on any atom is -0.389 e. The van der Waals surface area contributed by atoms with Crippen molar-refractivity contribution in [3.8, 4) is 0 Å². The number of halogens is 3. The third kappa shape index (κ3) is 2.68. The maximum Gasteiger partial charge on any atom is 0.149 e. The highest BCUT2D eigenvalue weighted by Crippen LogP contribution is 2.26. The summed E-state index contributed by atoms with van der Waals surface area (Å²) < 4.78 is 40.6. The predicted molar refractivity (Wildman–Crippen MR) is 71.9 cm³/mol. The van der Waals surface area contributed by atoms with E-state index in [9.17, 15) is 13.2 Å². The first kappa shape index (κ1) is 13.4. The third-order valence-electron chi connectivity index (χ3n) is 2.48. The smallest absolute Gasteiger partial charge is 0.149 e. The molecule has 0 aliphatic rings. The highest BCUT2D eigenvalue weighted by Gasteiger charge is 2.14. The number of benzene rings is 2. The summed E-state index contributed by atoms with van der Waals surface area (Å²) in [4.78, 5) is -0.197. The van der Waals surface area contributed by atoms with Crippen molar-refractivity contribution in [1.82, 2.24) is 0 Å². The summed E-state index contributed by atoms with van der Waals surface area (Å²) in [5.41, 5.74) is 5.05. The lowest BCUT2D eigenvalue weighted by Crippen LogP contribution is -2.14. The van der Waals surface area contributed by atoms with Crippen molar-refractivity contribution in [1.29, 1.82) is 0 Å². The Hall–Kier alpha value is -2.08. The lowest BCUT2D eigenvalue weighted by Gasteiger charge is -2.13. The summed E-state index contributed by atoms with van der Waals surface area (Å²) in [5.74, 6) is -2.24. The van der Waals surface area contributed by atoms with Crippen molar-refractivity contribution in [2.75, 3.05) is 5.32 Å². The minimum atomic E-state index is -0.793. The molecule has 0 unspecified atom stereocenters. The van der Waals surface area contributed by atoms with Crippen molar-refractivity contribution in [3.05, 3.63) is 59.4 Å². The quantitative estimate of drug-likeness (QED) is 0.846. The molecule has 0 aliphatic heterocycles. The van der Waals surface area contributed by atoms with Crippen LogP contribution in [0.2, 0.25) is 0 Å². The van der Waals surface area contributed by atoms with Gasteiger partial charge in [0.2, 0.25) is 0 Å². The van der Waals surface area contributed by atoms with E-state index in [0.29, 0.717) is 0 Å². The molecule has 0 fully saturated rings. The number of hydrogen-bond donors (Lipinski definition) is 2. The van der Waals surface area contributed by atoms with Gasteiger partial charge in [-0.3, -0.25) is 0 Å².